The molecule has 220 valence electrons. The van der Waals surface area contributed by atoms with E-state index in [1.165, 1.54) is 25.7 Å². The summed E-state index contributed by atoms with van der Waals surface area (Å²) in [5.41, 5.74) is 2.10. The minimum atomic E-state index is -0.319. The van der Waals surface area contributed by atoms with E-state index in [0.29, 0.717) is 46.0 Å². The van der Waals surface area contributed by atoms with Gasteiger partial charge < -0.3 is 10.6 Å². The predicted molar refractivity (Wildman–Crippen MR) is 168 cm³/mol. The number of aromatic nitrogens is 2. The Hall–Kier alpha value is -3.03. The molecule has 1 aliphatic heterocycles. The summed E-state index contributed by atoms with van der Waals surface area (Å²) >= 11 is 14.4. The number of aromatic amines is 1. The van der Waals surface area contributed by atoms with Crippen molar-refractivity contribution in [2.24, 2.45) is 5.92 Å². The number of benzene rings is 1. The molecule has 0 unspecified atom stereocenters. The number of hydrogen-bond acceptors (Lipinski definition) is 5. The molecule has 3 aromatic rings. The molecular formula is C31H34Cl2N6O2S. The summed E-state index contributed by atoms with van der Waals surface area (Å²) in [6.45, 7) is 1.56. The number of anilines is 1. The Bertz CT molecular complexity index is 1510. The van der Waals surface area contributed by atoms with E-state index in [2.05, 4.69) is 32.7 Å². The summed E-state index contributed by atoms with van der Waals surface area (Å²) < 4.78 is 0. The lowest BCUT2D eigenvalue weighted by atomic mass is 10.1. The summed E-state index contributed by atoms with van der Waals surface area (Å²) in [7, 11) is 0. The zero-order chi connectivity index (χ0) is 29.1. The number of nitrogens with one attached hydrogen (secondary N) is 3. The number of halogens is 2. The Kier molecular flexibility index (Phi) is 9.06. The number of urea groups is 1. The van der Waals surface area contributed by atoms with Crippen molar-refractivity contribution in [2.45, 2.75) is 70.4 Å². The Morgan fingerprint density at radius 2 is 1.83 bits per heavy atom. The molecule has 8 nitrogen and oxygen atoms in total. The number of carbonyl (C=O) groups excluding carboxylic acids is 2. The van der Waals surface area contributed by atoms with Crippen molar-refractivity contribution in [3.8, 4) is 22.4 Å². The summed E-state index contributed by atoms with van der Waals surface area (Å²) in [4.78, 5) is 28.9. The number of nitrogens with zero attached hydrogens (tertiary/aromatic N) is 3. The zero-order valence-electron chi connectivity index (χ0n) is 23.3. The number of hydrogen-bond donors (Lipinski definition) is 3. The third-order valence-corrected chi connectivity index (χ3v) is 9.52. The normalized spacial score (nSPS) is 17.5. The van der Waals surface area contributed by atoms with Crippen LogP contribution < -0.4 is 15.6 Å². The van der Waals surface area contributed by atoms with E-state index in [-0.39, 0.29) is 30.2 Å². The zero-order valence-corrected chi connectivity index (χ0v) is 25.7. The van der Waals surface area contributed by atoms with Crippen molar-refractivity contribution >= 4 is 52.2 Å². The standard InChI is InChI=1S/C31H34Cl2N6O2S/c32-21-9-14-26(25(33)18-21)39(38-16-4-1-5-17-38)30(40)29-24(19-34-31(41)35-22-10-11-22)28(36-37-29)27-15-13-23(42-27)12-8-20-6-2-3-7-20/h9,13-15,18,20,22H,1-7,10-11,16-17,19H2,(H,36,37)(H2,34,35,41). The van der Waals surface area contributed by atoms with E-state index in [9.17, 15) is 9.59 Å². The van der Waals surface area contributed by atoms with Gasteiger partial charge in [-0.25, -0.2) is 14.8 Å². The van der Waals surface area contributed by atoms with E-state index in [1.807, 2.05) is 17.1 Å². The molecule has 1 saturated heterocycles. The summed E-state index contributed by atoms with van der Waals surface area (Å²) in [6.07, 6.45) is 9.85. The lowest BCUT2D eigenvalue weighted by molar-refractivity contribution is 0.0866. The van der Waals surface area contributed by atoms with Crippen molar-refractivity contribution in [2.75, 3.05) is 18.1 Å². The van der Waals surface area contributed by atoms with Gasteiger partial charge in [0, 0.05) is 42.2 Å². The fourth-order valence-corrected chi connectivity index (χ4v) is 6.93. The third-order valence-electron chi connectivity index (χ3n) is 7.96. The van der Waals surface area contributed by atoms with Crippen LogP contribution in [0.15, 0.2) is 30.3 Å². The summed E-state index contributed by atoms with van der Waals surface area (Å²) in [5, 5.41) is 18.1. The highest BCUT2D eigenvalue weighted by Gasteiger charge is 2.32. The molecule has 2 saturated carbocycles. The minimum Gasteiger partial charge on any atom is -0.335 e. The first kappa shape index (κ1) is 29.1. The second kappa shape index (κ2) is 13.1. The van der Waals surface area contributed by atoms with Gasteiger partial charge in [0.1, 0.15) is 0 Å². The van der Waals surface area contributed by atoms with Gasteiger partial charge in [-0.2, -0.15) is 5.10 Å². The molecule has 2 aliphatic carbocycles. The number of rotatable bonds is 7. The van der Waals surface area contributed by atoms with Gasteiger partial charge in [0.2, 0.25) is 0 Å². The maximum atomic E-state index is 14.4. The van der Waals surface area contributed by atoms with Crippen molar-refractivity contribution in [3.05, 3.63) is 56.5 Å². The summed E-state index contributed by atoms with van der Waals surface area (Å²) in [5.74, 6) is 6.92. The second-order valence-electron chi connectivity index (χ2n) is 11.2. The van der Waals surface area contributed by atoms with E-state index in [4.69, 9.17) is 23.2 Å². The maximum Gasteiger partial charge on any atom is 0.315 e. The van der Waals surface area contributed by atoms with Crippen LogP contribution in [0, 0.1) is 17.8 Å². The molecule has 3 amide bonds. The van der Waals surface area contributed by atoms with Crippen LogP contribution in [-0.4, -0.2) is 46.3 Å². The molecule has 11 heteroatoms. The van der Waals surface area contributed by atoms with Crippen LogP contribution in [0.3, 0.4) is 0 Å². The number of piperidine rings is 1. The average molecular weight is 626 g/mol. The molecule has 3 heterocycles. The van der Waals surface area contributed by atoms with Crippen LogP contribution in [0.1, 0.15) is 78.7 Å². The van der Waals surface area contributed by atoms with Gasteiger partial charge in [-0.05, 0) is 68.9 Å². The monoisotopic (exact) mass is 624 g/mol. The molecule has 0 bridgehead atoms. The number of carbonyl (C=O) groups is 2. The van der Waals surface area contributed by atoms with Crippen LogP contribution in [0.2, 0.25) is 10.0 Å². The topological polar surface area (TPSA) is 93.4 Å². The first-order valence-corrected chi connectivity index (χ1v) is 16.3. The fourth-order valence-electron chi connectivity index (χ4n) is 5.55. The molecule has 6 rings (SSSR count). The predicted octanol–water partition coefficient (Wildman–Crippen LogP) is 7.00. The first-order chi connectivity index (χ1) is 20.5. The molecule has 1 aromatic carbocycles. The van der Waals surface area contributed by atoms with Gasteiger partial charge in [0.15, 0.2) is 5.69 Å². The van der Waals surface area contributed by atoms with Gasteiger partial charge >= 0.3 is 6.03 Å². The quantitative estimate of drug-likeness (QED) is 0.247. The number of hydrazine groups is 1. The lowest BCUT2D eigenvalue weighted by Crippen LogP contribution is -2.49. The van der Waals surface area contributed by atoms with Crippen molar-refractivity contribution in [3.63, 3.8) is 0 Å². The first-order valence-electron chi connectivity index (χ1n) is 14.7. The third kappa shape index (κ3) is 6.78. The van der Waals surface area contributed by atoms with E-state index >= 15 is 0 Å². The van der Waals surface area contributed by atoms with Gasteiger partial charge in [-0.1, -0.05) is 54.3 Å². The fraction of sp³-hybridized carbons (Fsp3) is 0.452. The Balaban J connectivity index is 1.34. The van der Waals surface area contributed by atoms with E-state index < -0.39 is 0 Å². The maximum absolute atomic E-state index is 14.4. The molecule has 3 fully saturated rings. The van der Waals surface area contributed by atoms with Crippen molar-refractivity contribution in [1.29, 1.82) is 0 Å². The minimum absolute atomic E-state index is 0.134. The highest BCUT2D eigenvalue weighted by Crippen LogP contribution is 2.35. The summed E-state index contributed by atoms with van der Waals surface area (Å²) in [6, 6.07) is 9.10. The second-order valence-corrected chi connectivity index (χ2v) is 13.1. The van der Waals surface area contributed by atoms with Crippen molar-refractivity contribution < 1.29 is 9.59 Å². The van der Waals surface area contributed by atoms with E-state index in [1.54, 1.807) is 34.5 Å². The smallest absolute Gasteiger partial charge is 0.315 e. The Morgan fingerprint density at radius 1 is 1.05 bits per heavy atom. The molecule has 3 N–H and O–H groups in total. The Morgan fingerprint density at radius 3 is 2.57 bits per heavy atom. The van der Waals surface area contributed by atoms with Crippen molar-refractivity contribution in [1.82, 2.24) is 25.8 Å². The highest BCUT2D eigenvalue weighted by atomic mass is 35.5. The Labute approximate surface area is 260 Å². The largest absolute Gasteiger partial charge is 0.335 e. The molecule has 0 spiro atoms. The molecule has 42 heavy (non-hydrogen) atoms. The SMILES string of the molecule is O=C(NCc1c(C(=O)N(c2ccc(Cl)cc2Cl)N2CCCCC2)n[nH]c1-c1ccc(C#CC2CCCC2)s1)NC1CC1. The van der Waals surface area contributed by atoms with Gasteiger partial charge in [0.25, 0.3) is 5.91 Å². The molecular weight excluding hydrogens is 591 g/mol. The lowest BCUT2D eigenvalue weighted by Gasteiger charge is -2.37. The number of amides is 3. The highest BCUT2D eigenvalue weighted by molar-refractivity contribution is 7.16. The van der Waals surface area contributed by atoms with Gasteiger partial charge in [-0.3, -0.25) is 9.89 Å². The molecule has 0 radical (unpaired) electrons. The van der Waals surface area contributed by atoms with Crippen LogP contribution in [0.4, 0.5) is 10.5 Å². The van der Waals surface area contributed by atoms with Crippen LogP contribution in [0.5, 0.6) is 0 Å². The molecule has 3 aliphatic rings. The van der Waals surface area contributed by atoms with Gasteiger partial charge in [-0.15, -0.1) is 11.3 Å². The van der Waals surface area contributed by atoms with Crippen LogP contribution in [-0.2, 0) is 6.54 Å². The number of thiophene rings is 1. The van der Waals surface area contributed by atoms with Crippen LogP contribution >= 0.6 is 34.5 Å². The van der Waals surface area contributed by atoms with Gasteiger partial charge in [0.05, 0.1) is 26.2 Å². The average Bonchev–Trinajstić information content (AvgIpc) is 3.36. The molecule has 2 aromatic heterocycles. The number of H-pyrrole nitrogens is 1. The van der Waals surface area contributed by atoms with E-state index in [0.717, 1.165) is 41.9 Å². The van der Waals surface area contributed by atoms with Crippen LogP contribution in [0.25, 0.3) is 10.6 Å². The molecule has 0 atom stereocenters.